The molecule has 1 aromatic carbocycles. The lowest BCUT2D eigenvalue weighted by Crippen LogP contribution is -2.51. The molecule has 0 saturated heterocycles. The van der Waals surface area contributed by atoms with Crippen LogP contribution in [0.15, 0.2) is 22.7 Å². The van der Waals surface area contributed by atoms with Crippen molar-refractivity contribution in [2.45, 2.75) is 51.6 Å². The molecule has 0 spiro atoms. The normalized spacial score (nSPS) is 27.5. The Hall–Kier alpha value is -0.380. The molecule has 2 nitrogen and oxygen atoms in total. The molecule has 106 valence electrons. The Bertz CT molecular complexity index is 435. The Morgan fingerprint density at radius 2 is 2.26 bits per heavy atom. The summed E-state index contributed by atoms with van der Waals surface area (Å²) in [7, 11) is 0. The molecule has 0 aromatic heterocycles. The van der Waals surface area contributed by atoms with Gasteiger partial charge in [0.2, 0.25) is 0 Å². The van der Waals surface area contributed by atoms with E-state index in [2.05, 4.69) is 53.3 Å². The monoisotopic (exact) mass is 325 g/mol. The molecular weight excluding hydrogens is 302 g/mol. The van der Waals surface area contributed by atoms with E-state index in [4.69, 9.17) is 0 Å². The molecule has 1 aliphatic rings. The fourth-order valence-electron chi connectivity index (χ4n) is 3.10. The second-order valence-electron chi connectivity index (χ2n) is 6.09. The van der Waals surface area contributed by atoms with Crippen molar-refractivity contribution in [1.29, 1.82) is 0 Å². The summed E-state index contributed by atoms with van der Waals surface area (Å²) in [5, 5.41) is 13.4. The van der Waals surface area contributed by atoms with Gasteiger partial charge in [0.05, 0.1) is 6.61 Å². The second-order valence-corrected chi connectivity index (χ2v) is 6.94. The summed E-state index contributed by atoms with van der Waals surface area (Å²) >= 11 is 3.62. The summed E-state index contributed by atoms with van der Waals surface area (Å²) < 4.78 is 1.15. The van der Waals surface area contributed by atoms with Crippen molar-refractivity contribution in [3.05, 3.63) is 33.8 Å². The molecule has 19 heavy (non-hydrogen) atoms. The first kappa shape index (κ1) is 15.0. The average molecular weight is 326 g/mol. The van der Waals surface area contributed by atoms with Crippen LogP contribution >= 0.6 is 15.9 Å². The molecule has 2 unspecified atom stereocenters. The van der Waals surface area contributed by atoms with Gasteiger partial charge in [-0.3, -0.25) is 0 Å². The number of hydrogen-bond acceptors (Lipinski definition) is 2. The number of aliphatic hydroxyl groups is 1. The summed E-state index contributed by atoms with van der Waals surface area (Å²) in [5.41, 5.74) is 2.44. The van der Waals surface area contributed by atoms with Gasteiger partial charge in [-0.25, -0.2) is 0 Å². The van der Waals surface area contributed by atoms with Crippen molar-refractivity contribution in [3.63, 3.8) is 0 Å². The molecule has 0 bridgehead atoms. The third-order valence-corrected chi connectivity index (χ3v) is 4.99. The number of aryl methyl sites for hydroxylation is 1. The molecule has 0 radical (unpaired) electrons. The van der Waals surface area contributed by atoms with Crippen molar-refractivity contribution in [2.75, 3.05) is 6.61 Å². The van der Waals surface area contributed by atoms with Crippen molar-refractivity contribution in [2.24, 2.45) is 5.92 Å². The number of benzene rings is 1. The zero-order valence-corrected chi connectivity index (χ0v) is 13.5. The van der Waals surface area contributed by atoms with Crippen LogP contribution in [0, 0.1) is 12.8 Å². The number of hydrogen-bond donors (Lipinski definition) is 2. The molecule has 1 aromatic rings. The highest BCUT2D eigenvalue weighted by molar-refractivity contribution is 9.10. The number of rotatable bonds is 4. The molecule has 0 heterocycles. The van der Waals surface area contributed by atoms with Crippen LogP contribution in [0.25, 0.3) is 0 Å². The summed E-state index contributed by atoms with van der Waals surface area (Å²) in [4.78, 5) is 0. The van der Waals surface area contributed by atoms with E-state index < -0.39 is 0 Å². The van der Waals surface area contributed by atoms with Gasteiger partial charge in [-0.05, 0) is 42.9 Å². The molecule has 0 amide bonds. The second kappa shape index (κ2) is 6.38. The molecule has 2 rings (SSSR count). The molecule has 1 fully saturated rings. The number of aliphatic hydroxyl groups excluding tert-OH is 1. The van der Waals surface area contributed by atoms with Crippen LogP contribution in [0.1, 0.15) is 43.7 Å². The fourth-order valence-corrected chi connectivity index (χ4v) is 3.73. The van der Waals surface area contributed by atoms with Crippen molar-refractivity contribution >= 4 is 15.9 Å². The minimum atomic E-state index is -0.0814. The van der Waals surface area contributed by atoms with Gasteiger partial charge in [-0.2, -0.15) is 0 Å². The predicted molar refractivity (Wildman–Crippen MR) is 83.2 cm³/mol. The van der Waals surface area contributed by atoms with Crippen LogP contribution in [0.3, 0.4) is 0 Å². The fraction of sp³-hybridized carbons (Fsp3) is 0.625. The summed E-state index contributed by atoms with van der Waals surface area (Å²) in [6.07, 6.45) is 4.66. The molecule has 0 aliphatic heterocycles. The first-order valence-electron chi connectivity index (χ1n) is 7.15. The van der Waals surface area contributed by atoms with E-state index in [9.17, 15) is 5.11 Å². The van der Waals surface area contributed by atoms with Gasteiger partial charge in [0.25, 0.3) is 0 Å². The van der Waals surface area contributed by atoms with Gasteiger partial charge < -0.3 is 10.4 Å². The van der Waals surface area contributed by atoms with Crippen molar-refractivity contribution in [1.82, 2.24) is 5.32 Å². The predicted octanol–water partition coefficient (Wildman–Crippen LogP) is 3.79. The maximum atomic E-state index is 9.78. The largest absolute Gasteiger partial charge is 0.394 e. The Balaban J connectivity index is 2.03. The first-order chi connectivity index (χ1) is 9.04. The highest BCUT2D eigenvalue weighted by Crippen LogP contribution is 2.32. The van der Waals surface area contributed by atoms with Crippen molar-refractivity contribution in [3.8, 4) is 0 Å². The van der Waals surface area contributed by atoms with E-state index >= 15 is 0 Å². The van der Waals surface area contributed by atoms with Crippen LogP contribution in [-0.2, 0) is 6.54 Å². The van der Waals surface area contributed by atoms with Crippen LogP contribution < -0.4 is 5.32 Å². The van der Waals surface area contributed by atoms with Gasteiger partial charge in [0, 0.05) is 16.6 Å². The minimum Gasteiger partial charge on any atom is -0.394 e. The molecular formula is C16H24BrNO. The lowest BCUT2D eigenvalue weighted by molar-refractivity contribution is 0.0982. The SMILES string of the molecule is Cc1ccc(CNC2(CO)CCCC(C)C2)c(Br)c1. The quantitative estimate of drug-likeness (QED) is 0.882. The van der Waals surface area contributed by atoms with E-state index in [1.165, 1.54) is 24.0 Å². The zero-order chi connectivity index (χ0) is 13.9. The third-order valence-electron chi connectivity index (χ3n) is 4.26. The molecule has 2 atom stereocenters. The van der Waals surface area contributed by atoms with Gasteiger partial charge in [0.15, 0.2) is 0 Å². The Morgan fingerprint density at radius 3 is 2.89 bits per heavy atom. The van der Waals surface area contributed by atoms with Crippen molar-refractivity contribution < 1.29 is 5.11 Å². The highest BCUT2D eigenvalue weighted by atomic mass is 79.9. The van der Waals surface area contributed by atoms with Gasteiger partial charge in [-0.1, -0.05) is 47.8 Å². The molecule has 1 saturated carbocycles. The van der Waals surface area contributed by atoms with E-state index in [1.54, 1.807) is 0 Å². The Morgan fingerprint density at radius 1 is 1.47 bits per heavy atom. The summed E-state index contributed by atoms with van der Waals surface area (Å²) in [6.45, 7) is 5.43. The van der Waals surface area contributed by atoms with E-state index in [-0.39, 0.29) is 12.1 Å². The van der Waals surface area contributed by atoms with Crippen LogP contribution in [0.4, 0.5) is 0 Å². The average Bonchev–Trinajstić information content (AvgIpc) is 2.38. The smallest absolute Gasteiger partial charge is 0.0613 e. The Kier molecular flexibility index (Phi) is 5.04. The first-order valence-corrected chi connectivity index (χ1v) is 7.95. The molecule has 3 heteroatoms. The molecule has 2 N–H and O–H groups in total. The Labute approximate surface area is 124 Å². The van der Waals surface area contributed by atoms with Crippen LogP contribution in [-0.4, -0.2) is 17.3 Å². The molecule has 1 aliphatic carbocycles. The van der Waals surface area contributed by atoms with Crippen LogP contribution in [0.2, 0.25) is 0 Å². The third kappa shape index (κ3) is 3.80. The number of nitrogens with one attached hydrogen (secondary N) is 1. The van der Waals surface area contributed by atoms with Gasteiger partial charge >= 0.3 is 0 Å². The van der Waals surface area contributed by atoms with E-state index in [0.29, 0.717) is 5.92 Å². The summed E-state index contributed by atoms with van der Waals surface area (Å²) in [5.74, 6) is 0.704. The van der Waals surface area contributed by atoms with E-state index in [1.807, 2.05) is 0 Å². The lowest BCUT2D eigenvalue weighted by Gasteiger charge is -2.39. The van der Waals surface area contributed by atoms with Gasteiger partial charge in [-0.15, -0.1) is 0 Å². The topological polar surface area (TPSA) is 32.3 Å². The minimum absolute atomic E-state index is 0.0814. The highest BCUT2D eigenvalue weighted by Gasteiger charge is 2.33. The summed E-state index contributed by atoms with van der Waals surface area (Å²) in [6, 6.07) is 6.44. The maximum absolute atomic E-state index is 9.78. The number of halogens is 1. The van der Waals surface area contributed by atoms with E-state index in [0.717, 1.165) is 23.9 Å². The zero-order valence-electron chi connectivity index (χ0n) is 11.9. The maximum Gasteiger partial charge on any atom is 0.0613 e. The van der Waals surface area contributed by atoms with Gasteiger partial charge in [0.1, 0.15) is 0 Å². The lowest BCUT2D eigenvalue weighted by atomic mass is 9.77. The van der Waals surface area contributed by atoms with Crippen LogP contribution in [0.5, 0.6) is 0 Å². The standard InChI is InChI=1S/C16H24BrNO/c1-12-5-6-14(15(17)8-12)10-18-16(11-19)7-3-4-13(2)9-16/h5-6,8,13,18-19H,3-4,7,9-11H2,1-2H3.